The molecule has 0 spiro atoms. The largest absolute Gasteiger partial charge is 0.342 e. The molecule has 0 unspecified atom stereocenters. The first kappa shape index (κ1) is 14.9. The van der Waals surface area contributed by atoms with E-state index in [1.54, 1.807) is 24.2 Å². The molecule has 0 bridgehead atoms. The highest BCUT2D eigenvalue weighted by Crippen LogP contribution is 2.28. The topological polar surface area (TPSA) is 45.2 Å². The normalized spacial score (nSPS) is 19.7. The minimum absolute atomic E-state index is 0.262. The molecular weight excluding hydrogens is 282 g/mol. The second-order valence-corrected chi connectivity index (χ2v) is 7.03. The second kappa shape index (κ2) is 7.27. The summed E-state index contributed by atoms with van der Waals surface area (Å²) in [7, 11) is 0. The van der Waals surface area contributed by atoms with Crippen LogP contribution in [0, 0.1) is 5.92 Å². The van der Waals surface area contributed by atoms with E-state index in [2.05, 4.69) is 10.3 Å². The Morgan fingerprint density at radius 3 is 2.62 bits per heavy atom. The third-order valence-electron chi connectivity index (χ3n) is 4.25. The fraction of sp³-hybridized carbons (Fsp3) is 0.625. The molecule has 0 radical (unpaired) electrons. The molecule has 114 valence electrons. The van der Waals surface area contributed by atoms with Crippen molar-refractivity contribution >= 4 is 17.7 Å². The number of nitrogens with one attached hydrogen (secondary N) is 1. The summed E-state index contributed by atoms with van der Waals surface area (Å²) in [6.07, 6.45) is 8.53. The van der Waals surface area contributed by atoms with Gasteiger partial charge in [-0.15, -0.1) is 11.8 Å². The predicted molar refractivity (Wildman–Crippen MR) is 85.3 cm³/mol. The molecule has 0 aromatic carbocycles. The molecule has 3 rings (SSSR count). The Morgan fingerprint density at radius 2 is 1.95 bits per heavy atom. The number of pyridine rings is 1. The summed E-state index contributed by atoms with van der Waals surface area (Å²) in [6.45, 7) is 2.98. The van der Waals surface area contributed by atoms with Gasteiger partial charge in [0, 0.05) is 36.4 Å². The highest BCUT2D eigenvalue weighted by molar-refractivity contribution is 8.00. The number of carbonyl (C=O) groups excluding carboxylic acids is 1. The van der Waals surface area contributed by atoms with Crippen molar-refractivity contribution in [3.05, 3.63) is 24.5 Å². The zero-order valence-corrected chi connectivity index (χ0v) is 13.1. The van der Waals surface area contributed by atoms with E-state index < -0.39 is 0 Å². The molecule has 1 saturated carbocycles. The Morgan fingerprint density at radius 1 is 1.24 bits per heavy atom. The Kier molecular flexibility index (Phi) is 5.14. The molecule has 1 aromatic rings. The van der Waals surface area contributed by atoms with E-state index >= 15 is 0 Å². The van der Waals surface area contributed by atoms with Gasteiger partial charge in [-0.25, -0.2) is 0 Å². The third kappa shape index (κ3) is 4.71. The molecule has 2 fully saturated rings. The molecule has 1 aromatic heterocycles. The lowest BCUT2D eigenvalue weighted by atomic mass is 10.0. The summed E-state index contributed by atoms with van der Waals surface area (Å²) in [5.74, 6) is 1.73. The van der Waals surface area contributed by atoms with Crippen molar-refractivity contribution in [1.82, 2.24) is 15.2 Å². The van der Waals surface area contributed by atoms with Crippen LogP contribution in [0.15, 0.2) is 29.4 Å². The van der Waals surface area contributed by atoms with Crippen LogP contribution in [0.2, 0.25) is 0 Å². The van der Waals surface area contributed by atoms with Crippen LogP contribution in [-0.2, 0) is 4.79 Å². The molecule has 21 heavy (non-hydrogen) atoms. The smallest absolute Gasteiger partial charge is 0.232 e. The molecule has 1 aliphatic carbocycles. The maximum absolute atomic E-state index is 12.2. The number of amides is 1. The summed E-state index contributed by atoms with van der Waals surface area (Å²) in [5.41, 5.74) is 0. The molecule has 2 heterocycles. The number of nitrogens with zero attached hydrogens (tertiary/aromatic N) is 2. The number of piperidine rings is 1. The second-order valence-electron chi connectivity index (χ2n) is 5.98. The number of thioether (sulfide) groups is 1. The van der Waals surface area contributed by atoms with Crippen LogP contribution in [0.1, 0.15) is 25.7 Å². The number of aromatic nitrogens is 1. The summed E-state index contributed by atoms with van der Waals surface area (Å²) < 4.78 is 0. The van der Waals surface area contributed by atoms with Crippen molar-refractivity contribution < 1.29 is 4.79 Å². The van der Waals surface area contributed by atoms with Crippen LogP contribution < -0.4 is 5.32 Å². The molecule has 1 aliphatic heterocycles. The summed E-state index contributed by atoms with van der Waals surface area (Å²) in [4.78, 5) is 19.3. The van der Waals surface area contributed by atoms with E-state index in [1.165, 1.54) is 19.4 Å². The van der Waals surface area contributed by atoms with Gasteiger partial charge >= 0.3 is 0 Å². The Balaban J connectivity index is 1.36. The quantitative estimate of drug-likeness (QED) is 0.818. The molecule has 0 atom stereocenters. The average molecular weight is 305 g/mol. The van der Waals surface area contributed by atoms with Crippen molar-refractivity contribution in [2.45, 2.75) is 36.6 Å². The molecule has 4 nitrogen and oxygen atoms in total. The lowest BCUT2D eigenvalue weighted by Crippen LogP contribution is -2.45. The van der Waals surface area contributed by atoms with Gasteiger partial charge in [-0.05, 0) is 50.3 Å². The van der Waals surface area contributed by atoms with E-state index in [0.717, 1.165) is 36.7 Å². The number of hydrogen-bond donors (Lipinski definition) is 1. The van der Waals surface area contributed by atoms with Crippen molar-refractivity contribution in [3.63, 3.8) is 0 Å². The monoisotopic (exact) mass is 305 g/mol. The van der Waals surface area contributed by atoms with Gasteiger partial charge in [-0.1, -0.05) is 0 Å². The van der Waals surface area contributed by atoms with Crippen LogP contribution in [0.5, 0.6) is 0 Å². The van der Waals surface area contributed by atoms with E-state index in [0.29, 0.717) is 11.8 Å². The van der Waals surface area contributed by atoms with Crippen molar-refractivity contribution in [1.29, 1.82) is 0 Å². The van der Waals surface area contributed by atoms with Crippen LogP contribution in [-0.4, -0.2) is 47.2 Å². The van der Waals surface area contributed by atoms with E-state index in [4.69, 9.17) is 0 Å². The van der Waals surface area contributed by atoms with Crippen molar-refractivity contribution in [2.24, 2.45) is 5.92 Å². The van der Waals surface area contributed by atoms with E-state index in [-0.39, 0.29) is 5.91 Å². The van der Waals surface area contributed by atoms with Crippen LogP contribution in [0.3, 0.4) is 0 Å². The molecule has 1 N–H and O–H groups in total. The number of carbonyl (C=O) groups is 1. The van der Waals surface area contributed by atoms with Crippen LogP contribution >= 0.6 is 11.8 Å². The van der Waals surface area contributed by atoms with Gasteiger partial charge in [0.05, 0.1) is 5.75 Å². The van der Waals surface area contributed by atoms with Gasteiger partial charge in [-0.2, -0.15) is 0 Å². The maximum atomic E-state index is 12.2. The minimum atomic E-state index is 0.262. The first-order valence-electron chi connectivity index (χ1n) is 7.85. The Hall–Kier alpha value is -1.07. The van der Waals surface area contributed by atoms with Gasteiger partial charge in [0.2, 0.25) is 5.91 Å². The summed E-state index contributed by atoms with van der Waals surface area (Å²) in [6, 6.07) is 4.51. The number of likely N-dealkylation sites (tertiary alicyclic amines) is 1. The van der Waals surface area contributed by atoms with Gasteiger partial charge in [0.15, 0.2) is 0 Å². The Bertz CT molecular complexity index is 456. The summed E-state index contributed by atoms with van der Waals surface area (Å²) >= 11 is 1.60. The number of hydrogen-bond acceptors (Lipinski definition) is 4. The molecule has 2 aliphatic rings. The third-order valence-corrected chi connectivity index (χ3v) is 5.25. The SMILES string of the molecule is O=C(CSc1ccncc1)N1CCC(NCC2CC2)CC1. The zero-order valence-electron chi connectivity index (χ0n) is 12.3. The molecule has 1 saturated heterocycles. The zero-order chi connectivity index (χ0) is 14.5. The average Bonchev–Trinajstić information content (AvgIpc) is 3.36. The van der Waals surface area contributed by atoms with Gasteiger partial charge < -0.3 is 10.2 Å². The fourth-order valence-electron chi connectivity index (χ4n) is 2.66. The highest BCUT2D eigenvalue weighted by atomic mass is 32.2. The fourth-order valence-corrected chi connectivity index (χ4v) is 3.45. The lowest BCUT2D eigenvalue weighted by Gasteiger charge is -2.32. The molecular formula is C16H23N3OS. The van der Waals surface area contributed by atoms with Crippen LogP contribution in [0.25, 0.3) is 0 Å². The van der Waals surface area contributed by atoms with Crippen LogP contribution in [0.4, 0.5) is 0 Å². The van der Waals surface area contributed by atoms with Gasteiger partial charge in [0.1, 0.15) is 0 Å². The first-order valence-corrected chi connectivity index (χ1v) is 8.84. The first-order chi connectivity index (χ1) is 10.3. The lowest BCUT2D eigenvalue weighted by molar-refractivity contribution is -0.129. The standard InChI is InChI=1S/C16H23N3OS/c20-16(12-21-15-3-7-17-8-4-15)19-9-5-14(6-10-19)18-11-13-1-2-13/h3-4,7-8,13-14,18H,1-2,5-6,9-12H2. The maximum Gasteiger partial charge on any atom is 0.232 e. The predicted octanol–water partition coefficient (Wildman–Crippen LogP) is 2.16. The van der Waals surface area contributed by atoms with E-state index in [9.17, 15) is 4.79 Å². The van der Waals surface area contributed by atoms with Crippen molar-refractivity contribution in [3.8, 4) is 0 Å². The Labute approximate surface area is 130 Å². The van der Waals surface area contributed by atoms with Gasteiger partial charge in [-0.3, -0.25) is 9.78 Å². The van der Waals surface area contributed by atoms with Crippen molar-refractivity contribution in [2.75, 3.05) is 25.4 Å². The van der Waals surface area contributed by atoms with E-state index in [1.807, 2.05) is 17.0 Å². The molecule has 1 amide bonds. The molecule has 5 heteroatoms. The summed E-state index contributed by atoms with van der Waals surface area (Å²) in [5, 5.41) is 3.65. The highest BCUT2D eigenvalue weighted by Gasteiger charge is 2.25. The number of rotatable bonds is 6. The van der Waals surface area contributed by atoms with Gasteiger partial charge in [0.25, 0.3) is 0 Å². The minimum Gasteiger partial charge on any atom is -0.342 e.